The summed E-state index contributed by atoms with van der Waals surface area (Å²) >= 11 is 0. The number of benzene rings is 2. The molecule has 1 N–H and O–H groups in total. The number of hydrogen-bond donors (Lipinski definition) is 1. The minimum Gasteiger partial charge on any atom is -0.369 e. The standard InChI is InChI=1S/C28H25F2N5/c1-17-11-23(24-13-21(29)14-25(30)28(24)33-17)26-15-32-27-12-20(7-9-35(26)27)19-3-5-22(6-4-19)34-10-8-31-18(2)16-34/h3-7,9,11-15,18,31H,8,10,16H2,1-2H3/t18-/m1/s1. The predicted octanol–water partition coefficient (Wildman–Crippen LogP) is 5.60. The summed E-state index contributed by atoms with van der Waals surface area (Å²) < 4.78 is 30.4. The maximum atomic E-state index is 14.4. The van der Waals surface area contributed by atoms with Crippen LogP contribution in [0, 0.1) is 18.6 Å². The number of halogens is 2. The van der Waals surface area contributed by atoms with Crippen LogP contribution >= 0.6 is 0 Å². The molecule has 4 heterocycles. The van der Waals surface area contributed by atoms with E-state index in [4.69, 9.17) is 0 Å². The summed E-state index contributed by atoms with van der Waals surface area (Å²) in [5.74, 6) is -1.29. The lowest BCUT2D eigenvalue weighted by molar-refractivity contribution is 0.485. The van der Waals surface area contributed by atoms with Crippen LogP contribution in [0.2, 0.25) is 0 Å². The molecule has 3 aromatic heterocycles. The maximum absolute atomic E-state index is 14.4. The molecular formula is C28H25F2N5. The molecule has 0 aliphatic carbocycles. The Balaban J connectivity index is 1.37. The van der Waals surface area contributed by atoms with Gasteiger partial charge in [-0.1, -0.05) is 12.1 Å². The number of nitrogens with one attached hydrogen (secondary N) is 1. The topological polar surface area (TPSA) is 45.5 Å². The van der Waals surface area contributed by atoms with E-state index in [9.17, 15) is 8.78 Å². The van der Waals surface area contributed by atoms with Gasteiger partial charge in [0.1, 0.15) is 17.0 Å². The van der Waals surface area contributed by atoms with Gasteiger partial charge in [-0.2, -0.15) is 0 Å². The fourth-order valence-corrected chi connectivity index (χ4v) is 4.98. The molecule has 0 bridgehead atoms. The van der Waals surface area contributed by atoms with Crippen molar-refractivity contribution in [3.8, 4) is 22.4 Å². The number of aromatic nitrogens is 3. The smallest absolute Gasteiger partial charge is 0.152 e. The van der Waals surface area contributed by atoms with E-state index in [2.05, 4.69) is 51.4 Å². The van der Waals surface area contributed by atoms with Gasteiger partial charge in [0, 0.05) is 60.3 Å². The molecule has 0 unspecified atom stereocenters. The van der Waals surface area contributed by atoms with Crippen LogP contribution in [0.4, 0.5) is 14.5 Å². The number of aryl methyl sites for hydroxylation is 1. The summed E-state index contributed by atoms with van der Waals surface area (Å²) in [6.45, 7) is 7.01. The van der Waals surface area contributed by atoms with Crippen LogP contribution in [0.25, 0.3) is 38.9 Å². The van der Waals surface area contributed by atoms with E-state index >= 15 is 0 Å². The van der Waals surface area contributed by atoms with Crippen molar-refractivity contribution in [2.45, 2.75) is 19.9 Å². The highest BCUT2D eigenvalue weighted by molar-refractivity contribution is 5.94. The van der Waals surface area contributed by atoms with Gasteiger partial charge in [-0.05, 0) is 61.4 Å². The van der Waals surface area contributed by atoms with E-state index in [1.807, 2.05) is 28.8 Å². The molecule has 1 atom stereocenters. The largest absolute Gasteiger partial charge is 0.369 e. The van der Waals surface area contributed by atoms with Crippen LogP contribution in [0.15, 0.2) is 67.0 Å². The molecule has 0 amide bonds. The van der Waals surface area contributed by atoms with Crippen molar-refractivity contribution in [3.63, 3.8) is 0 Å². The Morgan fingerprint density at radius 3 is 2.63 bits per heavy atom. The lowest BCUT2D eigenvalue weighted by atomic mass is 10.0. The van der Waals surface area contributed by atoms with Gasteiger partial charge < -0.3 is 10.2 Å². The summed E-state index contributed by atoms with van der Waals surface area (Å²) in [6, 6.07) is 17.2. The maximum Gasteiger partial charge on any atom is 0.152 e. The highest BCUT2D eigenvalue weighted by atomic mass is 19.1. The van der Waals surface area contributed by atoms with Crippen molar-refractivity contribution in [1.82, 2.24) is 19.7 Å². The average molecular weight is 470 g/mol. The number of anilines is 1. The zero-order valence-electron chi connectivity index (χ0n) is 19.6. The molecule has 2 aromatic carbocycles. The second-order valence-corrected chi connectivity index (χ2v) is 9.23. The van der Waals surface area contributed by atoms with Gasteiger partial charge in [0.25, 0.3) is 0 Å². The van der Waals surface area contributed by atoms with Crippen LogP contribution in [0.3, 0.4) is 0 Å². The number of pyridine rings is 2. The summed E-state index contributed by atoms with van der Waals surface area (Å²) in [7, 11) is 0. The van der Waals surface area contributed by atoms with Crippen molar-refractivity contribution in [3.05, 3.63) is 84.3 Å². The van der Waals surface area contributed by atoms with Crippen molar-refractivity contribution in [2.75, 3.05) is 24.5 Å². The highest BCUT2D eigenvalue weighted by Gasteiger charge is 2.17. The molecule has 1 fully saturated rings. The van der Waals surface area contributed by atoms with Gasteiger partial charge in [-0.25, -0.2) is 18.7 Å². The fourth-order valence-electron chi connectivity index (χ4n) is 4.98. The Bertz CT molecular complexity index is 1560. The molecule has 6 rings (SSSR count). The molecule has 35 heavy (non-hydrogen) atoms. The Morgan fingerprint density at radius 2 is 1.83 bits per heavy atom. The molecule has 5 aromatic rings. The van der Waals surface area contributed by atoms with Crippen molar-refractivity contribution in [1.29, 1.82) is 0 Å². The summed E-state index contributed by atoms with van der Waals surface area (Å²) in [5.41, 5.74) is 6.43. The predicted molar refractivity (Wildman–Crippen MR) is 136 cm³/mol. The second-order valence-electron chi connectivity index (χ2n) is 9.23. The van der Waals surface area contributed by atoms with Crippen LogP contribution in [0.5, 0.6) is 0 Å². The highest BCUT2D eigenvalue weighted by Crippen LogP contribution is 2.32. The van der Waals surface area contributed by atoms with Crippen LogP contribution in [-0.2, 0) is 0 Å². The first-order valence-corrected chi connectivity index (χ1v) is 11.8. The van der Waals surface area contributed by atoms with E-state index in [0.717, 1.165) is 48.2 Å². The van der Waals surface area contributed by atoms with Crippen LogP contribution in [0.1, 0.15) is 12.6 Å². The Hall–Kier alpha value is -3.84. The number of rotatable bonds is 3. The lowest BCUT2D eigenvalue weighted by Gasteiger charge is -2.33. The van der Waals surface area contributed by atoms with Crippen molar-refractivity contribution < 1.29 is 8.78 Å². The molecule has 176 valence electrons. The molecule has 1 aliphatic rings. The molecule has 1 aliphatic heterocycles. The van der Waals surface area contributed by atoms with Gasteiger partial charge in [0.15, 0.2) is 5.82 Å². The SMILES string of the molecule is Cc1cc(-c2cnc3cc(-c4ccc(N5CCN[C@H](C)C5)cc4)ccn23)c2cc(F)cc(F)c2n1. The lowest BCUT2D eigenvalue weighted by Crippen LogP contribution is -2.49. The molecule has 0 spiro atoms. The second kappa shape index (κ2) is 8.43. The molecule has 7 heteroatoms. The van der Waals surface area contributed by atoms with Gasteiger partial charge in [0.05, 0.1) is 11.9 Å². The number of imidazole rings is 1. The zero-order chi connectivity index (χ0) is 24.1. The molecule has 0 saturated carbocycles. The van der Waals surface area contributed by atoms with Gasteiger partial charge in [-0.15, -0.1) is 0 Å². The number of nitrogens with zero attached hydrogens (tertiary/aromatic N) is 4. The Morgan fingerprint density at radius 1 is 1.00 bits per heavy atom. The average Bonchev–Trinajstić information content (AvgIpc) is 3.27. The first kappa shape index (κ1) is 21.7. The van der Waals surface area contributed by atoms with Crippen LogP contribution in [-0.4, -0.2) is 40.0 Å². The normalized spacial score (nSPS) is 16.3. The zero-order valence-corrected chi connectivity index (χ0v) is 19.6. The Labute approximate surface area is 202 Å². The summed E-state index contributed by atoms with van der Waals surface area (Å²) in [5, 5.41) is 3.90. The van der Waals surface area contributed by atoms with Gasteiger partial charge in [0.2, 0.25) is 0 Å². The molecule has 1 saturated heterocycles. The van der Waals surface area contributed by atoms with E-state index in [1.54, 1.807) is 13.1 Å². The van der Waals surface area contributed by atoms with E-state index in [1.165, 1.54) is 11.8 Å². The minimum absolute atomic E-state index is 0.159. The van der Waals surface area contributed by atoms with Crippen molar-refractivity contribution >= 4 is 22.2 Å². The van der Waals surface area contributed by atoms with E-state index in [-0.39, 0.29) is 5.52 Å². The first-order valence-electron chi connectivity index (χ1n) is 11.8. The fraction of sp³-hybridized carbons (Fsp3) is 0.214. The quantitative estimate of drug-likeness (QED) is 0.374. The molecular weight excluding hydrogens is 444 g/mol. The summed E-state index contributed by atoms with van der Waals surface area (Å²) in [6.07, 6.45) is 3.70. The molecule has 5 nitrogen and oxygen atoms in total. The molecule has 0 radical (unpaired) electrons. The van der Waals surface area contributed by atoms with Gasteiger partial charge >= 0.3 is 0 Å². The minimum atomic E-state index is -0.667. The van der Waals surface area contributed by atoms with E-state index in [0.29, 0.717) is 22.7 Å². The third-order valence-corrected chi connectivity index (χ3v) is 6.68. The third-order valence-electron chi connectivity index (χ3n) is 6.68. The Kier molecular flexibility index (Phi) is 5.22. The monoisotopic (exact) mass is 469 g/mol. The number of hydrogen-bond acceptors (Lipinski definition) is 4. The van der Waals surface area contributed by atoms with E-state index < -0.39 is 11.6 Å². The van der Waals surface area contributed by atoms with Crippen molar-refractivity contribution in [2.24, 2.45) is 0 Å². The first-order chi connectivity index (χ1) is 17.0. The number of piperazine rings is 1. The van der Waals surface area contributed by atoms with Crippen LogP contribution < -0.4 is 10.2 Å². The third kappa shape index (κ3) is 3.91. The number of fused-ring (bicyclic) bond motifs is 2. The van der Waals surface area contributed by atoms with Gasteiger partial charge in [-0.3, -0.25) is 4.40 Å². The summed E-state index contributed by atoms with van der Waals surface area (Å²) in [4.78, 5) is 11.3.